The van der Waals surface area contributed by atoms with Crippen LogP contribution in [-0.2, 0) is 6.18 Å². The SMILES string of the molecule is FC(F)(F)c1ccnn1-c1nc(-c2ccc3c(c2)OCCO3)cs1. The molecule has 0 N–H and O–H groups in total. The lowest BCUT2D eigenvalue weighted by atomic mass is 10.1. The van der Waals surface area contributed by atoms with E-state index >= 15 is 0 Å². The zero-order valence-corrected chi connectivity index (χ0v) is 12.9. The van der Waals surface area contributed by atoms with E-state index < -0.39 is 11.9 Å². The predicted molar refractivity (Wildman–Crippen MR) is 80.7 cm³/mol. The number of alkyl halides is 3. The second kappa shape index (κ2) is 5.52. The molecule has 2 aromatic heterocycles. The first-order chi connectivity index (χ1) is 11.5. The van der Waals surface area contributed by atoms with Gasteiger partial charge in [-0.1, -0.05) is 0 Å². The highest BCUT2D eigenvalue weighted by atomic mass is 32.1. The number of ether oxygens (including phenoxy) is 2. The van der Waals surface area contributed by atoms with Crippen LogP contribution in [0.1, 0.15) is 5.69 Å². The molecule has 0 atom stereocenters. The number of benzene rings is 1. The van der Waals surface area contributed by atoms with E-state index in [2.05, 4.69) is 10.1 Å². The van der Waals surface area contributed by atoms with Crippen molar-refractivity contribution in [3.05, 3.63) is 41.5 Å². The molecule has 0 saturated carbocycles. The molecule has 0 amide bonds. The zero-order valence-electron chi connectivity index (χ0n) is 12.1. The molecule has 0 radical (unpaired) electrons. The van der Waals surface area contributed by atoms with Gasteiger partial charge >= 0.3 is 6.18 Å². The van der Waals surface area contributed by atoms with Gasteiger partial charge in [0.05, 0.1) is 11.9 Å². The molecule has 3 heterocycles. The maximum atomic E-state index is 13.0. The molecule has 0 spiro atoms. The standard InChI is InChI=1S/C15H10F3N3O2S/c16-15(17,18)13-3-4-19-21(13)14-20-10(8-24-14)9-1-2-11-12(7-9)23-6-5-22-11/h1-4,7-8H,5-6H2. The molecular weight excluding hydrogens is 343 g/mol. The second-order valence-electron chi connectivity index (χ2n) is 5.00. The Bertz CT molecular complexity index is 888. The molecule has 1 aliphatic rings. The smallest absolute Gasteiger partial charge is 0.433 e. The molecule has 5 nitrogen and oxygen atoms in total. The largest absolute Gasteiger partial charge is 0.486 e. The third-order valence-electron chi connectivity index (χ3n) is 3.44. The summed E-state index contributed by atoms with van der Waals surface area (Å²) in [5, 5.41) is 5.56. The van der Waals surface area contributed by atoms with E-state index in [4.69, 9.17) is 9.47 Å². The van der Waals surface area contributed by atoms with Crippen LogP contribution in [0, 0.1) is 0 Å². The van der Waals surface area contributed by atoms with Crippen molar-refractivity contribution in [3.63, 3.8) is 0 Å². The van der Waals surface area contributed by atoms with Crippen LogP contribution in [0.25, 0.3) is 16.4 Å². The fourth-order valence-electron chi connectivity index (χ4n) is 2.37. The number of halogens is 3. The molecule has 0 fully saturated rings. The zero-order chi connectivity index (χ0) is 16.7. The first kappa shape index (κ1) is 15.0. The van der Waals surface area contributed by atoms with Crippen molar-refractivity contribution in [2.45, 2.75) is 6.18 Å². The molecule has 4 rings (SSSR count). The Morgan fingerprint density at radius 2 is 1.88 bits per heavy atom. The average molecular weight is 353 g/mol. The first-order valence-electron chi connectivity index (χ1n) is 6.99. The van der Waals surface area contributed by atoms with Crippen LogP contribution in [-0.4, -0.2) is 28.0 Å². The third kappa shape index (κ3) is 2.60. The van der Waals surface area contributed by atoms with Crippen LogP contribution < -0.4 is 9.47 Å². The summed E-state index contributed by atoms with van der Waals surface area (Å²) < 4.78 is 50.7. The van der Waals surface area contributed by atoms with E-state index in [1.165, 1.54) is 0 Å². The van der Waals surface area contributed by atoms with Crippen LogP contribution in [0.4, 0.5) is 13.2 Å². The van der Waals surface area contributed by atoms with Crippen LogP contribution in [0.2, 0.25) is 0 Å². The molecule has 24 heavy (non-hydrogen) atoms. The highest BCUT2D eigenvalue weighted by molar-refractivity contribution is 7.12. The number of hydrogen-bond donors (Lipinski definition) is 0. The van der Waals surface area contributed by atoms with Crippen molar-refractivity contribution in [2.75, 3.05) is 13.2 Å². The monoisotopic (exact) mass is 353 g/mol. The van der Waals surface area contributed by atoms with Gasteiger partial charge in [-0.25, -0.2) is 9.67 Å². The summed E-state index contributed by atoms with van der Waals surface area (Å²) in [4.78, 5) is 4.27. The molecule has 0 saturated heterocycles. The van der Waals surface area contributed by atoms with Gasteiger partial charge in [-0.2, -0.15) is 18.3 Å². The summed E-state index contributed by atoms with van der Waals surface area (Å²) in [6.45, 7) is 0.952. The van der Waals surface area contributed by atoms with E-state index in [-0.39, 0.29) is 5.13 Å². The molecule has 1 aromatic carbocycles. The van der Waals surface area contributed by atoms with E-state index in [0.717, 1.165) is 33.8 Å². The Kier molecular flexibility index (Phi) is 3.45. The summed E-state index contributed by atoms with van der Waals surface area (Å²) in [5.41, 5.74) is 0.434. The lowest BCUT2D eigenvalue weighted by Crippen LogP contribution is -2.15. The molecule has 9 heteroatoms. The van der Waals surface area contributed by atoms with Gasteiger partial charge in [-0.05, 0) is 24.3 Å². The third-order valence-corrected chi connectivity index (χ3v) is 4.26. The van der Waals surface area contributed by atoms with E-state index in [9.17, 15) is 13.2 Å². The molecular formula is C15H10F3N3O2S. The van der Waals surface area contributed by atoms with Gasteiger partial charge in [0.1, 0.15) is 13.2 Å². The highest BCUT2D eigenvalue weighted by Gasteiger charge is 2.35. The van der Waals surface area contributed by atoms with E-state index in [1.807, 2.05) is 0 Å². The lowest BCUT2D eigenvalue weighted by Gasteiger charge is -2.18. The number of thiazole rings is 1. The lowest BCUT2D eigenvalue weighted by molar-refractivity contribution is -0.142. The van der Waals surface area contributed by atoms with Crippen LogP contribution in [0.15, 0.2) is 35.8 Å². The maximum Gasteiger partial charge on any atom is 0.433 e. The fourth-order valence-corrected chi connectivity index (χ4v) is 3.17. The summed E-state index contributed by atoms with van der Waals surface area (Å²) in [7, 11) is 0. The van der Waals surface area contributed by atoms with Crippen molar-refractivity contribution in [1.82, 2.24) is 14.8 Å². The average Bonchev–Trinajstić information content (AvgIpc) is 3.22. The molecule has 0 bridgehead atoms. The molecule has 0 unspecified atom stereocenters. The summed E-state index contributed by atoms with van der Waals surface area (Å²) in [6, 6.07) is 6.24. The maximum absolute atomic E-state index is 13.0. The van der Waals surface area contributed by atoms with Gasteiger partial charge in [-0.15, -0.1) is 11.3 Å². The van der Waals surface area contributed by atoms with Crippen molar-refractivity contribution in [3.8, 4) is 27.9 Å². The van der Waals surface area contributed by atoms with Crippen LogP contribution in [0.3, 0.4) is 0 Å². The number of hydrogen-bond acceptors (Lipinski definition) is 5. The Hall–Kier alpha value is -2.55. The predicted octanol–water partition coefficient (Wildman–Crippen LogP) is 3.79. The minimum Gasteiger partial charge on any atom is -0.486 e. The normalized spacial score (nSPS) is 14.0. The molecule has 0 aliphatic carbocycles. The first-order valence-corrected chi connectivity index (χ1v) is 7.87. The Labute approximate surface area is 138 Å². The Balaban J connectivity index is 1.70. The van der Waals surface area contributed by atoms with Crippen molar-refractivity contribution >= 4 is 11.3 Å². The van der Waals surface area contributed by atoms with Gasteiger partial charge in [0.25, 0.3) is 0 Å². The highest BCUT2D eigenvalue weighted by Crippen LogP contribution is 2.36. The van der Waals surface area contributed by atoms with Crippen molar-refractivity contribution in [1.29, 1.82) is 0 Å². The molecule has 1 aliphatic heterocycles. The second-order valence-corrected chi connectivity index (χ2v) is 5.84. The number of rotatable bonds is 2. The van der Waals surface area contributed by atoms with Gasteiger partial charge in [0, 0.05) is 10.9 Å². The molecule has 3 aromatic rings. The minimum absolute atomic E-state index is 0.150. The van der Waals surface area contributed by atoms with Crippen LogP contribution in [0.5, 0.6) is 11.5 Å². The summed E-state index contributed by atoms with van der Waals surface area (Å²) in [5.74, 6) is 1.25. The van der Waals surface area contributed by atoms with E-state index in [0.29, 0.717) is 30.4 Å². The minimum atomic E-state index is -4.49. The number of fused-ring (bicyclic) bond motifs is 1. The number of aromatic nitrogens is 3. The van der Waals surface area contributed by atoms with Crippen LogP contribution >= 0.6 is 11.3 Å². The molecule has 124 valence electrons. The number of nitrogens with zero attached hydrogens (tertiary/aromatic N) is 3. The van der Waals surface area contributed by atoms with Gasteiger partial charge in [-0.3, -0.25) is 0 Å². The van der Waals surface area contributed by atoms with E-state index in [1.54, 1.807) is 23.6 Å². The topological polar surface area (TPSA) is 49.2 Å². The van der Waals surface area contributed by atoms with Gasteiger partial charge in [0.15, 0.2) is 17.2 Å². The Morgan fingerprint density at radius 1 is 1.08 bits per heavy atom. The quantitative estimate of drug-likeness (QED) is 0.703. The summed E-state index contributed by atoms with van der Waals surface area (Å²) >= 11 is 1.09. The Morgan fingerprint density at radius 3 is 2.67 bits per heavy atom. The van der Waals surface area contributed by atoms with Gasteiger partial charge < -0.3 is 9.47 Å². The van der Waals surface area contributed by atoms with Crippen molar-refractivity contribution < 1.29 is 22.6 Å². The van der Waals surface area contributed by atoms with Gasteiger partial charge in [0.2, 0.25) is 5.13 Å². The van der Waals surface area contributed by atoms with Crippen molar-refractivity contribution in [2.24, 2.45) is 0 Å². The fraction of sp³-hybridized carbons (Fsp3) is 0.200. The summed E-state index contributed by atoms with van der Waals surface area (Å²) in [6.07, 6.45) is -3.38.